The van der Waals surface area contributed by atoms with Crippen molar-refractivity contribution in [1.82, 2.24) is 10.9 Å². The van der Waals surface area contributed by atoms with Gasteiger partial charge < -0.3 is 5.32 Å². The van der Waals surface area contributed by atoms with Crippen molar-refractivity contribution in [2.45, 2.75) is 58.5 Å². The summed E-state index contributed by atoms with van der Waals surface area (Å²) >= 11 is 0. The van der Waals surface area contributed by atoms with Crippen LogP contribution in [0.1, 0.15) is 63.5 Å². The second-order valence-corrected chi connectivity index (χ2v) is 8.48. The molecule has 4 heteroatoms. The van der Waals surface area contributed by atoms with Crippen LogP contribution in [-0.4, -0.2) is 6.17 Å². The number of rotatable bonds is 8. The Morgan fingerprint density at radius 3 is 2.59 bits per heavy atom. The van der Waals surface area contributed by atoms with Crippen molar-refractivity contribution in [2.75, 3.05) is 0 Å². The molecule has 1 saturated carbocycles. The summed E-state index contributed by atoms with van der Waals surface area (Å²) in [6.45, 7) is 7.79. The molecule has 0 aromatic heterocycles. The van der Waals surface area contributed by atoms with Crippen LogP contribution in [-0.2, 0) is 0 Å². The third-order valence-corrected chi connectivity index (χ3v) is 6.11. The van der Waals surface area contributed by atoms with Crippen molar-refractivity contribution >= 4 is 11.1 Å². The minimum atomic E-state index is -0.586. The van der Waals surface area contributed by atoms with E-state index in [-0.39, 0.29) is 0 Å². The predicted octanol–water partition coefficient (Wildman–Crippen LogP) is 6.85. The monoisotopic (exact) mass is 398 g/mol. The fourth-order valence-corrected chi connectivity index (χ4v) is 4.41. The Balaban J connectivity index is 1.64. The van der Waals surface area contributed by atoms with Gasteiger partial charge in [0.15, 0.2) is 0 Å². The average molecular weight is 399 g/mol. The lowest BCUT2D eigenvalue weighted by Gasteiger charge is -2.21. The van der Waals surface area contributed by atoms with E-state index in [2.05, 4.69) is 37.0 Å². The number of benzene rings is 1. The molecule has 156 valence electrons. The lowest BCUT2D eigenvalue weighted by molar-refractivity contribution is 0.215. The highest BCUT2D eigenvalue weighted by molar-refractivity contribution is 5.77. The van der Waals surface area contributed by atoms with Gasteiger partial charge in [0.1, 0.15) is 12.0 Å². The van der Waals surface area contributed by atoms with E-state index in [1.807, 2.05) is 24.3 Å². The summed E-state index contributed by atoms with van der Waals surface area (Å²) in [5, 5.41) is 2.96. The normalized spacial score (nSPS) is 23.4. The second kappa shape index (κ2) is 10.0. The molecule has 0 radical (unpaired) electrons. The van der Waals surface area contributed by atoms with Crippen molar-refractivity contribution in [3.8, 4) is 0 Å². The molecule has 2 aliphatic rings. The Hall–Kier alpha value is -2.20. The van der Waals surface area contributed by atoms with Crippen molar-refractivity contribution in [3.63, 3.8) is 0 Å². The Labute approximate surface area is 173 Å². The maximum Gasteiger partial charge on any atom is 0.149 e. The Morgan fingerprint density at radius 2 is 2.00 bits per heavy atom. The quantitative estimate of drug-likeness (QED) is 0.284. The van der Waals surface area contributed by atoms with Gasteiger partial charge in [-0.05, 0) is 61.1 Å². The Morgan fingerprint density at radius 1 is 1.24 bits per heavy atom. The van der Waals surface area contributed by atoms with Crippen LogP contribution in [0.5, 0.6) is 0 Å². The molecule has 2 nitrogen and oxygen atoms in total. The molecule has 3 rings (SSSR count). The van der Waals surface area contributed by atoms with Crippen LogP contribution in [0.25, 0.3) is 11.1 Å². The average Bonchev–Trinajstić information content (AvgIpc) is 3.17. The molecule has 0 amide bonds. The standard InChI is InChI=1S/C25H32F2N2/c1-17-9-10-20(15-17)16-24(29-27)28-19(3)25(26)18(2)21-11-13-23(14-12-21)22-7-5-4-6-8-22/h4-5,7,11-14,17,20,24,28-29H,2,6,8-10,15-16H2,1,3H3/b25-19-. The zero-order chi connectivity index (χ0) is 20.8. The van der Waals surface area contributed by atoms with E-state index >= 15 is 0 Å². The van der Waals surface area contributed by atoms with E-state index in [9.17, 15) is 8.87 Å². The number of halogens is 2. The van der Waals surface area contributed by atoms with E-state index in [0.717, 1.165) is 36.8 Å². The zero-order valence-corrected chi connectivity index (χ0v) is 17.5. The molecule has 3 unspecified atom stereocenters. The van der Waals surface area contributed by atoms with Gasteiger partial charge in [-0.2, -0.15) is 0 Å². The molecule has 1 aromatic carbocycles. The van der Waals surface area contributed by atoms with Crippen LogP contribution in [0.3, 0.4) is 0 Å². The van der Waals surface area contributed by atoms with Gasteiger partial charge in [-0.3, -0.25) is 0 Å². The molecule has 0 saturated heterocycles. The summed E-state index contributed by atoms with van der Waals surface area (Å²) in [6, 6.07) is 7.81. The lowest BCUT2D eigenvalue weighted by Crippen LogP contribution is -2.38. The van der Waals surface area contributed by atoms with Gasteiger partial charge in [-0.1, -0.05) is 68.8 Å². The highest BCUT2D eigenvalue weighted by Gasteiger charge is 2.25. The highest BCUT2D eigenvalue weighted by Crippen LogP contribution is 2.33. The Bertz CT molecular complexity index is 805. The number of allylic oxidation sites excluding steroid dienone is 7. The summed E-state index contributed by atoms with van der Waals surface area (Å²) in [7, 11) is 0. The smallest absolute Gasteiger partial charge is 0.149 e. The molecular weight excluding hydrogens is 366 g/mol. The summed E-state index contributed by atoms with van der Waals surface area (Å²) in [5.41, 5.74) is 5.59. The first-order valence-corrected chi connectivity index (χ1v) is 10.6. The number of nitrogens with one attached hydrogen (secondary N) is 2. The Kier molecular flexibility index (Phi) is 7.43. The first kappa shape index (κ1) is 21.5. The molecule has 3 atom stereocenters. The van der Waals surface area contributed by atoms with Gasteiger partial charge in [-0.15, -0.1) is 10.0 Å². The topological polar surface area (TPSA) is 24.1 Å². The molecule has 1 fully saturated rings. The van der Waals surface area contributed by atoms with E-state index < -0.39 is 12.0 Å². The minimum absolute atomic E-state index is 0.306. The summed E-state index contributed by atoms with van der Waals surface area (Å²) < 4.78 is 28.2. The second-order valence-electron chi connectivity index (χ2n) is 8.48. The largest absolute Gasteiger partial charge is 0.369 e. The minimum Gasteiger partial charge on any atom is -0.369 e. The van der Waals surface area contributed by atoms with Crippen LogP contribution in [0.15, 0.2) is 60.6 Å². The molecule has 1 aromatic rings. The van der Waals surface area contributed by atoms with Gasteiger partial charge in [0.2, 0.25) is 0 Å². The summed E-state index contributed by atoms with van der Waals surface area (Å²) in [6.07, 6.45) is 11.9. The van der Waals surface area contributed by atoms with Gasteiger partial charge in [-0.25, -0.2) is 4.39 Å². The first-order chi connectivity index (χ1) is 14.0. The van der Waals surface area contributed by atoms with Crippen LogP contribution in [0.4, 0.5) is 8.87 Å². The van der Waals surface area contributed by atoms with Gasteiger partial charge in [0, 0.05) is 11.3 Å². The van der Waals surface area contributed by atoms with Crippen LogP contribution >= 0.6 is 0 Å². The van der Waals surface area contributed by atoms with E-state index in [1.165, 1.54) is 12.0 Å². The molecule has 2 aliphatic carbocycles. The fraction of sp³-hybridized carbons (Fsp3) is 0.440. The van der Waals surface area contributed by atoms with E-state index in [4.69, 9.17) is 0 Å². The number of hydrogen-bond donors (Lipinski definition) is 2. The first-order valence-electron chi connectivity index (χ1n) is 10.6. The van der Waals surface area contributed by atoms with Crippen molar-refractivity contribution in [2.24, 2.45) is 11.8 Å². The third-order valence-electron chi connectivity index (χ3n) is 6.11. The molecule has 0 bridgehead atoms. The summed E-state index contributed by atoms with van der Waals surface area (Å²) in [4.78, 5) is 0. The fourth-order valence-electron chi connectivity index (χ4n) is 4.41. The molecule has 0 spiro atoms. The SMILES string of the molecule is C=C(/C(F)=C(\C)NC(CC1CCC(C)C1)NF)c1ccc(C2=CC=CCC2)cc1. The third kappa shape index (κ3) is 5.66. The van der Waals surface area contributed by atoms with Crippen molar-refractivity contribution in [3.05, 3.63) is 71.7 Å². The van der Waals surface area contributed by atoms with Crippen LogP contribution < -0.4 is 10.9 Å². The molecule has 0 aliphatic heterocycles. The van der Waals surface area contributed by atoms with Crippen molar-refractivity contribution in [1.29, 1.82) is 0 Å². The number of hydrogen-bond acceptors (Lipinski definition) is 2. The van der Waals surface area contributed by atoms with Gasteiger partial charge >= 0.3 is 0 Å². The van der Waals surface area contributed by atoms with Gasteiger partial charge in [0.25, 0.3) is 0 Å². The van der Waals surface area contributed by atoms with Crippen LogP contribution in [0.2, 0.25) is 0 Å². The predicted molar refractivity (Wildman–Crippen MR) is 118 cm³/mol. The zero-order valence-electron chi connectivity index (χ0n) is 17.5. The van der Waals surface area contributed by atoms with Crippen molar-refractivity contribution < 1.29 is 8.87 Å². The van der Waals surface area contributed by atoms with Gasteiger partial charge in [0.05, 0.1) is 0 Å². The maximum atomic E-state index is 15.0. The molecule has 0 heterocycles. The molecular formula is C25H32F2N2. The maximum absolute atomic E-state index is 15.0. The molecule has 2 N–H and O–H groups in total. The van der Waals surface area contributed by atoms with E-state index in [1.54, 1.807) is 12.5 Å². The highest BCUT2D eigenvalue weighted by atomic mass is 19.2. The van der Waals surface area contributed by atoms with E-state index in [0.29, 0.717) is 29.5 Å². The van der Waals surface area contributed by atoms with Crippen LogP contribution in [0, 0.1) is 11.8 Å². The summed E-state index contributed by atoms with van der Waals surface area (Å²) in [5.74, 6) is 0.732. The lowest BCUT2D eigenvalue weighted by atomic mass is 9.95. The molecule has 29 heavy (non-hydrogen) atoms.